The Hall–Kier alpha value is -2.93. The fourth-order valence-electron chi connectivity index (χ4n) is 2.95. The van der Waals surface area contributed by atoms with E-state index in [1.165, 1.54) is 0 Å². The van der Waals surface area contributed by atoms with Crippen LogP contribution in [0, 0.1) is 0 Å². The van der Waals surface area contributed by atoms with Gasteiger partial charge in [0.25, 0.3) is 5.91 Å². The highest BCUT2D eigenvalue weighted by Crippen LogP contribution is 2.36. The van der Waals surface area contributed by atoms with Crippen LogP contribution in [0.15, 0.2) is 54.6 Å². The van der Waals surface area contributed by atoms with Crippen molar-refractivity contribution in [1.29, 1.82) is 0 Å². The highest BCUT2D eigenvalue weighted by Gasteiger charge is 2.24. The van der Waals surface area contributed by atoms with E-state index < -0.39 is 0 Å². The molecule has 7 heteroatoms. The number of thioether (sulfide) groups is 1. The molecule has 0 radical (unpaired) electrons. The normalized spacial score (nSPS) is 12.5. The van der Waals surface area contributed by atoms with Crippen molar-refractivity contribution in [2.75, 3.05) is 19.0 Å². The molecule has 2 aromatic carbocycles. The van der Waals surface area contributed by atoms with Gasteiger partial charge >= 0.3 is 0 Å². The molecule has 0 unspecified atom stereocenters. The van der Waals surface area contributed by atoms with Gasteiger partial charge in [0.15, 0.2) is 18.1 Å². The number of benzene rings is 2. The number of methoxy groups -OCH3 is 1. The third-order valence-corrected chi connectivity index (χ3v) is 5.21. The molecule has 0 atom stereocenters. The molecule has 1 aliphatic heterocycles. The Bertz CT molecular complexity index is 956. The van der Waals surface area contributed by atoms with Gasteiger partial charge in [-0.2, -0.15) is 16.9 Å². The van der Waals surface area contributed by atoms with E-state index in [1.807, 2.05) is 42.5 Å². The minimum absolute atomic E-state index is 0.109. The van der Waals surface area contributed by atoms with Gasteiger partial charge in [0.05, 0.1) is 18.5 Å². The van der Waals surface area contributed by atoms with Gasteiger partial charge in [0.1, 0.15) is 5.82 Å². The van der Waals surface area contributed by atoms with Crippen molar-refractivity contribution in [2.45, 2.75) is 11.5 Å². The number of hydrogen-bond acceptors (Lipinski definition) is 5. The maximum Gasteiger partial charge on any atom is 0.263 e. The average Bonchev–Trinajstić information content (AvgIpc) is 3.30. The Morgan fingerprint density at radius 2 is 1.85 bits per heavy atom. The van der Waals surface area contributed by atoms with E-state index in [4.69, 9.17) is 9.47 Å². The van der Waals surface area contributed by atoms with Gasteiger partial charge in [-0.15, -0.1) is 0 Å². The predicted molar refractivity (Wildman–Crippen MR) is 106 cm³/mol. The second-order valence-electron chi connectivity index (χ2n) is 6.00. The fraction of sp³-hybridized carbons (Fsp3) is 0.200. The molecule has 0 fully saturated rings. The zero-order chi connectivity index (χ0) is 18.6. The minimum Gasteiger partial charge on any atom is -0.493 e. The van der Waals surface area contributed by atoms with E-state index >= 15 is 0 Å². The van der Waals surface area contributed by atoms with E-state index in [9.17, 15) is 4.79 Å². The Balaban J connectivity index is 1.53. The topological polar surface area (TPSA) is 65.4 Å². The van der Waals surface area contributed by atoms with Crippen LogP contribution in [0.5, 0.6) is 11.5 Å². The van der Waals surface area contributed by atoms with Crippen LogP contribution < -0.4 is 14.8 Å². The number of fused-ring (bicyclic) bond motifs is 1. The lowest BCUT2D eigenvalue weighted by Gasteiger charge is -2.12. The standard InChI is InChI=1S/C20H19N3O3S/c1-25-17-9-5-6-10-18(17)26-11-19(24)21-20-15-12-27-13-16(15)22-23(20)14-7-3-2-4-8-14/h2-10H,11-13H2,1H3,(H,21,24). The van der Waals surface area contributed by atoms with Crippen molar-refractivity contribution in [3.63, 3.8) is 0 Å². The Kier molecular flexibility index (Phi) is 5.02. The molecule has 1 amide bonds. The smallest absolute Gasteiger partial charge is 0.263 e. The number of ether oxygens (including phenoxy) is 2. The molecule has 0 saturated heterocycles. The maximum absolute atomic E-state index is 12.5. The number of para-hydroxylation sites is 3. The summed E-state index contributed by atoms with van der Waals surface area (Å²) >= 11 is 1.79. The summed E-state index contributed by atoms with van der Waals surface area (Å²) in [6.07, 6.45) is 0. The second-order valence-corrected chi connectivity index (χ2v) is 6.99. The van der Waals surface area contributed by atoms with Crippen molar-refractivity contribution >= 4 is 23.5 Å². The van der Waals surface area contributed by atoms with Crippen LogP contribution in [0.3, 0.4) is 0 Å². The molecule has 0 saturated carbocycles. The molecule has 27 heavy (non-hydrogen) atoms. The molecule has 4 rings (SSSR count). The first-order chi connectivity index (χ1) is 13.3. The number of carbonyl (C=O) groups is 1. The van der Waals surface area contributed by atoms with E-state index in [0.29, 0.717) is 11.5 Å². The summed E-state index contributed by atoms with van der Waals surface area (Å²) in [5, 5.41) is 7.66. The number of rotatable bonds is 6. The summed E-state index contributed by atoms with van der Waals surface area (Å²) in [6, 6.07) is 17.1. The van der Waals surface area contributed by atoms with Crippen molar-refractivity contribution < 1.29 is 14.3 Å². The van der Waals surface area contributed by atoms with Gasteiger partial charge < -0.3 is 14.8 Å². The molecule has 2 heterocycles. The summed E-state index contributed by atoms with van der Waals surface area (Å²) in [5.74, 6) is 3.30. The van der Waals surface area contributed by atoms with Crippen LogP contribution in [0.25, 0.3) is 5.69 Å². The number of amides is 1. The van der Waals surface area contributed by atoms with Crippen molar-refractivity contribution in [1.82, 2.24) is 9.78 Å². The number of nitrogens with one attached hydrogen (secondary N) is 1. The number of anilines is 1. The number of hydrogen-bond donors (Lipinski definition) is 1. The molecule has 138 valence electrons. The van der Waals surface area contributed by atoms with Crippen molar-refractivity contribution in [2.24, 2.45) is 0 Å². The Morgan fingerprint density at radius 1 is 1.11 bits per heavy atom. The first kappa shape index (κ1) is 17.5. The molecule has 1 aromatic heterocycles. The van der Waals surface area contributed by atoms with Gasteiger partial charge in [0, 0.05) is 17.1 Å². The molecule has 0 aliphatic carbocycles. The van der Waals surface area contributed by atoms with E-state index in [1.54, 1.807) is 35.7 Å². The molecule has 0 bridgehead atoms. The van der Waals surface area contributed by atoms with E-state index in [-0.39, 0.29) is 12.5 Å². The summed E-state index contributed by atoms with van der Waals surface area (Å²) in [7, 11) is 1.57. The van der Waals surface area contributed by atoms with Crippen LogP contribution in [0.4, 0.5) is 5.82 Å². The SMILES string of the molecule is COc1ccccc1OCC(=O)Nc1c2c(nn1-c1ccccc1)CSC2. The molecule has 6 nitrogen and oxygen atoms in total. The molecule has 0 spiro atoms. The number of aromatic nitrogens is 2. The monoisotopic (exact) mass is 381 g/mol. The first-order valence-corrected chi connectivity index (χ1v) is 9.71. The summed E-state index contributed by atoms with van der Waals surface area (Å²) in [6.45, 7) is -0.109. The average molecular weight is 381 g/mol. The van der Waals surface area contributed by atoms with Crippen molar-refractivity contribution in [3.8, 4) is 17.2 Å². The summed E-state index contributed by atoms with van der Waals surface area (Å²) < 4.78 is 12.7. The molecule has 3 aromatic rings. The zero-order valence-corrected chi connectivity index (χ0v) is 15.7. The van der Waals surface area contributed by atoms with Crippen LogP contribution in [-0.4, -0.2) is 29.4 Å². The van der Waals surface area contributed by atoms with E-state index in [2.05, 4.69) is 10.4 Å². The van der Waals surface area contributed by atoms with Gasteiger partial charge in [-0.25, -0.2) is 4.68 Å². The van der Waals surface area contributed by atoms with E-state index in [0.717, 1.165) is 34.3 Å². The Labute approximate surface area is 161 Å². The first-order valence-electron chi connectivity index (χ1n) is 8.56. The lowest BCUT2D eigenvalue weighted by Crippen LogP contribution is -2.22. The summed E-state index contributed by atoms with van der Waals surface area (Å²) in [5.41, 5.74) is 3.01. The second kappa shape index (κ2) is 7.75. The van der Waals surface area contributed by atoms with Crippen molar-refractivity contribution in [3.05, 3.63) is 65.9 Å². The third kappa shape index (κ3) is 3.64. The lowest BCUT2D eigenvalue weighted by molar-refractivity contribution is -0.118. The van der Waals surface area contributed by atoms with Gasteiger partial charge in [-0.05, 0) is 24.3 Å². The number of carbonyl (C=O) groups excluding carboxylic acids is 1. The quantitative estimate of drug-likeness (QED) is 0.706. The van der Waals surface area contributed by atoms with Crippen LogP contribution in [-0.2, 0) is 16.3 Å². The highest BCUT2D eigenvalue weighted by molar-refractivity contribution is 7.98. The van der Waals surface area contributed by atoms with Gasteiger partial charge in [-0.1, -0.05) is 30.3 Å². The molecular formula is C20H19N3O3S. The lowest BCUT2D eigenvalue weighted by atomic mass is 10.2. The Morgan fingerprint density at radius 3 is 2.63 bits per heavy atom. The zero-order valence-electron chi connectivity index (χ0n) is 14.8. The summed E-state index contributed by atoms with van der Waals surface area (Å²) in [4.78, 5) is 12.5. The van der Waals surface area contributed by atoms with Gasteiger partial charge in [-0.3, -0.25) is 4.79 Å². The van der Waals surface area contributed by atoms with Gasteiger partial charge in [0.2, 0.25) is 0 Å². The minimum atomic E-state index is -0.238. The predicted octanol–water partition coefficient (Wildman–Crippen LogP) is 3.65. The number of nitrogens with zero attached hydrogens (tertiary/aromatic N) is 2. The maximum atomic E-state index is 12.5. The van der Waals surface area contributed by atoms with Crippen LogP contribution in [0.1, 0.15) is 11.3 Å². The fourth-order valence-corrected chi connectivity index (χ4v) is 3.98. The molecule has 1 aliphatic rings. The highest BCUT2D eigenvalue weighted by atomic mass is 32.2. The molecule has 1 N–H and O–H groups in total. The van der Waals surface area contributed by atoms with Crippen LogP contribution in [0.2, 0.25) is 0 Å². The largest absolute Gasteiger partial charge is 0.493 e. The third-order valence-electron chi connectivity index (χ3n) is 4.24. The van der Waals surface area contributed by atoms with Crippen LogP contribution >= 0.6 is 11.8 Å². The molecular weight excluding hydrogens is 362 g/mol.